The summed E-state index contributed by atoms with van der Waals surface area (Å²) in [6.45, 7) is 1.41. The predicted molar refractivity (Wildman–Crippen MR) is 88.7 cm³/mol. The molecule has 3 heterocycles. The third-order valence-corrected chi connectivity index (χ3v) is 5.08. The molecule has 7 heteroatoms. The van der Waals surface area contributed by atoms with Crippen LogP contribution in [-0.4, -0.2) is 22.4 Å². The largest absolute Gasteiger partial charge is 0.370 e. The standard InChI is InChI=1S/C13H12Br2N4S/c14-8-4-10(15)12(17-5-8)11-6-18-13(16)19(11)7-9-2-1-3-20-9/h1-5,11H,6-7H2,(H2,16,18). The highest BCUT2D eigenvalue weighted by Gasteiger charge is 2.30. The van der Waals surface area contributed by atoms with Crippen LogP contribution in [0.4, 0.5) is 0 Å². The van der Waals surface area contributed by atoms with E-state index in [1.807, 2.05) is 12.1 Å². The molecule has 1 unspecified atom stereocenters. The number of hydrogen-bond acceptors (Lipinski definition) is 5. The van der Waals surface area contributed by atoms with E-state index in [9.17, 15) is 0 Å². The second-order valence-corrected chi connectivity index (χ2v) is 7.24. The summed E-state index contributed by atoms with van der Waals surface area (Å²) in [6.07, 6.45) is 1.80. The van der Waals surface area contributed by atoms with Gasteiger partial charge in [-0.15, -0.1) is 11.3 Å². The number of nitrogens with zero attached hydrogens (tertiary/aromatic N) is 3. The highest BCUT2D eigenvalue weighted by molar-refractivity contribution is 9.11. The van der Waals surface area contributed by atoms with Gasteiger partial charge in [-0.3, -0.25) is 9.98 Å². The van der Waals surface area contributed by atoms with E-state index in [1.54, 1.807) is 17.5 Å². The van der Waals surface area contributed by atoms with Crippen LogP contribution in [0.5, 0.6) is 0 Å². The molecular formula is C13H12Br2N4S. The summed E-state index contributed by atoms with van der Waals surface area (Å²) in [5.74, 6) is 0.583. The van der Waals surface area contributed by atoms with Crippen molar-refractivity contribution in [3.05, 3.63) is 49.3 Å². The molecule has 0 aliphatic carbocycles. The van der Waals surface area contributed by atoms with Crippen LogP contribution in [0.2, 0.25) is 0 Å². The second-order valence-electron chi connectivity index (χ2n) is 4.44. The lowest BCUT2D eigenvalue weighted by Gasteiger charge is -2.26. The van der Waals surface area contributed by atoms with E-state index >= 15 is 0 Å². The van der Waals surface area contributed by atoms with Gasteiger partial charge in [-0.25, -0.2) is 0 Å². The lowest BCUT2D eigenvalue weighted by atomic mass is 10.1. The highest BCUT2D eigenvalue weighted by Crippen LogP contribution is 2.32. The molecule has 1 aliphatic rings. The van der Waals surface area contributed by atoms with Gasteiger partial charge >= 0.3 is 0 Å². The summed E-state index contributed by atoms with van der Waals surface area (Å²) in [6, 6.07) is 6.24. The molecule has 0 saturated carbocycles. The maximum atomic E-state index is 6.03. The van der Waals surface area contributed by atoms with Crippen molar-refractivity contribution in [3.63, 3.8) is 0 Å². The van der Waals surface area contributed by atoms with Crippen LogP contribution in [0, 0.1) is 0 Å². The highest BCUT2D eigenvalue weighted by atomic mass is 79.9. The van der Waals surface area contributed by atoms with E-state index in [0.717, 1.165) is 21.2 Å². The van der Waals surface area contributed by atoms with Gasteiger partial charge < -0.3 is 10.6 Å². The minimum absolute atomic E-state index is 0.0829. The number of halogens is 2. The van der Waals surface area contributed by atoms with E-state index in [0.29, 0.717) is 12.5 Å². The first-order chi connectivity index (χ1) is 9.65. The average Bonchev–Trinajstić information content (AvgIpc) is 3.03. The molecular weight excluding hydrogens is 404 g/mol. The quantitative estimate of drug-likeness (QED) is 0.833. The summed E-state index contributed by atoms with van der Waals surface area (Å²) >= 11 is 8.72. The Balaban J connectivity index is 1.88. The van der Waals surface area contributed by atoms with Gasteiger partial charge in [0, 0.05) is 20.0 Å². The summed E-state index contributed by atoms with van der Waals surface area (Å²) in [4.78, 5) is 12.3. The summed E-state index contributed by atoms with van der Waals surface area (Å²) in [7, 11) is 0. The zero-order valence-corrected chi connectivity index (χ0v) is 14.4. The molecule has 0 spiro atoms. The number of pyridine rings is 1. The maximum Gasteiger partial charge on any atom is 0.192 e. The van der Waals surface area contributed by atoms with Crippen molar-refractivity contribution in [2.45, 2.75) is 12.6 Å². The van der Waals surface area contributed by atoms with Crippen LogP contribution >= 0.6 is 43.2 Å². The first-order valence-electron chi connectivity index (χ1n) is 6.05. The van der Waals surface area contributed by atoms with Gasteiger partial charge in [0.05, 0.1) is 24.8 Å². The van der Waals surface area contributed by atoms with E-state index in [2.05, 4.69) is 58.2 Å². The van der Waals surface area contributed by atoms with Crippen LogP contribution in [0.1, 0.15) is 16.6 Å². The first-order valence-corrected chi connectivity index (χ1v) is 8.51. The Morgan fingerprint density at radius 2 is 2.30 bits per heavy atom. The Kier molecular flexibility index (Phi) is 4.09. The zero-order valence-electron chi connectivity index (χ0n) is 10.5. The second kappa shape index (κ2) is 5.83. The third kappa shape index (κ3) is 2.75. The number of aromatic nitrogens is 1. The molecule has 2 aromatic heterocycles. The van der Waals surface area contributed by atoms with Crippen molar-refractivity contribution in [3.8, 4) is 0 Å². The number of nitrogens with two attached hydrogens (primary N) is 1. The Morgan fingerprint density at radius 3 is 3.00 bits per heavy atom. The molecule has 104 valence electrons. The molecule has 2 aromatic rings. The number of guanidine groups is 1. The van der Waals surface area contributed by atoms with Crippen LogP contribution in [0.25, 0.3) is 0 Å². The van der Waals surface area contributed by atoms with Gasteiger partial charge in [-0.2, -0.15) is 0 Å². The third-order valence-electron chi connectivity index (χ3n) is 3.15. The Labute approximate surface area is 138 Å². The molecule has 0 aromatic carbocycles. The maximum absolute atomic E-state index is 6.03. The van der Waals surface area contributed by atoms with Gasteiger partial charge in [-0.1, -0.05) is 6.07 Å². The molecule has 0 radical (unpaired) electrons. The smallest absolute Gasteiger partial charge is 0.192 e. The van der Waals surface area contributed by atoms with Crippen LogP contribution in [-0.2, 0) is 6.54 Å². The SMILES string of the molecule is NC1=NCC(c2ncc(Br)cc2Br)N1Cc1cccs1. The molecule has 0 fully saturated rings. The van der Waals surface area contributed by atoms with Crippen molar-refractivity contribution < 1.29 is 0 Å². The first kappa shape index (κ1) is 14.0. The van der Waals surface area contributed by atoms with Gasteiger partial charge in [0.25, 0.3) is 0 Å². The normalized spacial score (nSPS) is 18.4. The summed E-state index contributed by atoms with van der Waals surface area (Å²) in [5.41, 5.74) is 7.00. The molecule has 0 saturated heterocycles. The van der Waals surface area contributed by atoms with Gasteiger partial charge in [0.15, 0.2) is 5.96 Å². The number of rotatable bonds is 3. The van der Waals surface area contributed by atoms with Crippen molar-refractivity contribution in [2.24, 2.45) is 10.7 Å². The molecule has 20 heavy (non-hydrogen) atoms. The average molecular weight is 416 g/mol. The van der Waals surface area contributed by atoms with Crippen molar-refractivity contribution >= 4 is 49.2 Å². The van der Waals surface area contributed by atoms with E-state index < -0.39 is 0 Å². The fourth-order valence-corrected chi connectivity index (χ4v) is 4.15. The molecule has 4 nitrogen and oxygen atoms in total. The fraction of sp³-hybridized carbons (Fsp3) is 0.231. The number of aliphatic imine (C=N–C) groups is 1. The van der Waals surface area contributed by atoms with Gasteiger partial charge in [0.1, 0.15) is 0 Å². The summed E-state index contributed by atoms with van der Waals surface area (Å²) < 4.78 is 1.92. The lowest BCUT2D eigenvalue weighted by molar-refractivity contribution is 0.336. The van der Waals surface area contributed by atoms with Crippen LogP contribution in [0.15, 0.2) is 43.7 Å². The van der Waals surface area contributed by atoms with Gasteiger partial charge in [0.2, 0.25) is 0 Å². The van der Waals surface area contributed by atoms with E-state index in [-0.39, 0.29) is 6.04 Å². The molecule has 0 bridgehead atoms. The number of thiophene rings is 1. The molecule has 1 atom stereocenters. The minimum atomic E-state index is 0.0829. The summed E-state index contributed by atoms with van der Waals surface area (Å²) in [5, 5.41) is 2.07. The minimum Gasteiger partial charge on any atom is -0.370 e. The Bertz CT molecular complexity index is 642. The Morgan fingerprint density at radius 1 is 1.45 bits per heavy atom. The number of hydrogen-bond donors (Lipinski definition) is 1. The lowest BCUT2D eigenvalue weighted by Crippen LogP contribution is -2.35. The van der Waals surface area contributed by atoms with Crippen LogP contribution in [0.3, 0.4) is 0 Å². The topological polar surface area (TPSA) is 54.5 Å². The van der Waals surface area contributed by atoms with E-state index in [4.69, 9.17) is 5.73 Å². The van der Waals surface area contributed by atoms with E-state index in [1.165, 1.54) is 4.88 Å². The van der Waals surface area contributed by atoms with Crippen LogP contribution < -0.4 is 5.73 Å². The predicted octanol–water partition coefficient (Wildman–Crippen LogP) is 3.54. The van der Waals surface area contributed by atoms with Crippen molar-refractivity contribution in [1.29, 1.82) is 0 Å². The molecule has 2 N–H and O–H groups in total. The molecule has 0 amide bonds. The van der Waals surface area contributed by atoms with Gasteiger partial charge in [-0.05, 0) is 49.4 Å². The van der Waals surface area contributed by atoms with Crippen molar-refractivity contribution in [2.75, 3.05) is 6.54 Å². The zero-order chi connectivity index (χ0) is 14.1. The molecule has 3 rings (SSSR count). The Hall–Kier alpha value is -0.920. The van der Waals surface area contributed by atoms with Crippen molar-refractivity contribution in [1.82, 2.24) is 9.88 Å². The fourth-order valence-electron chi connectivity index (χ4n) is 2.20. The molecule has 1 aliphatic heterocycles. The monoisotopic (exact) mass is 414 g/mol.